The maximum absolute atomic E-state index is 11.5. The fourth-order valence-electron chi connectivity index (χ4n) is 1.33. The lowest BCUT2D eigenvalue weighted by atomic mass is 9.93. The van der Waals surface area contributed by atoms with Crippen LogP contribution in [0.4, 0.5) is 0 Å². The molecule has 0 aliphatic heterocycles. The van der Waals surface area contributed by atoms with Crippen LogP contribution in [0, 0.1) is 11.8 Å². The summed E-state index contributed by atoms with van der Waals surface area (Å²) in [7, 11) is 0. The number of Topliss-reactive ketones (excluding diaryl/α,β-unsaturated/α-hetero) is 1. The summed E-state index contributed by atoms with van der Waals surface area (Å²) in [6.45, 7) is 6.74. The highest BCUT2D eigenvalue weighted by atomic mass is 16.1. The Kier molecular flexibility index (Phi) is 5.99. The molecule has 0 aromatic heterocycles. The number of carbonyl (C=O) groups excluding carboxylic acids is 1. The first kappa shape index (κ1) is 11.6. The van der Waals surface area contributed by atoms with Crippen LogP contribution in [-0.2, 0) is 4.79 Å². The second kappa shape index (κ2) is 6.18. The highest BCUT2D eigenvalue weighted by Crippen LogP contribution is 2.12. The van der Waals surface area contributed by atoms with E-state index in [1.807, 2.05) is 0 Å². The summed E-state index contributed by atoms with van der Waals surface area (Å²) < 4.78 is 0. The molecule has 0 aromatic rings. The van der Waals surface area contributed by atoms with Gasteiger partial charge >= 0.3 is 0 Å². The van der Waals surface area contributed by atoms with Gasteiger partial charge in [-0.25, -0.2) is 0 Å². The number of ketones is 1. The topological polar surface area (TPSA) is 43.1 Å². The predicted molar refractivity (Wildman–Crippen MR) is 51.9 cm³/mol. The van der Waals surface area contributed by atoms with Crippen molar-refractivity contribution in [1.29, 1.82) is 0 Å². The SMILES string of the molecule is CCCC(CN)C(=O)CC(C)C. The Balaban J connectivity index is 3.85. The number of hydrogen-bond acceptors (Lipinski definition) is 2. The van der Waals surface area contributed by atoms with E-state index in [9.17, 15) is 4.79 Å². The molecule has 0 amide bonds. The molecule has 2 N–H and O–H groups in total. The molecule has 1 unspecified atom stereocenters. The highest BCUT2D eigenvalue weighted by molar-refractivity contribution is 5.81. The van der Waals surface area contributed by atoms with Gasteiger partial charge in [-0.2, -0.15) is 0 Å². The van der Waals surface area contributed by atoms with E-state index in [4.69, 9.17) is 5.73 Å². The molecule has 1 atom stereocenters. The van der Waals surface area contributed by atoms with Crippen LogP contribution in [0.5, 0.6) is 0 Å². The molecule has 0 heterocycles. The minimum Gasteiger partial charge on any atom is -0.330 e. The third-order valence-electron chi connectivity index (χ3n) is 1.99. The number of nitrogens with two attached hydrogens (primary N) is 1. The summed E-state index contributed by atoms with van der Waals surface area (Å²) in [5.74, 6) is 0.912. The van der Waals surface area contributed by atoms with Crippen molar-refractivity contribution < 1.29 is 4.79 Å². The van der Waals surface area contributed by atoms with Gasteiger partial charge in [0.05, 0.1) is 0 Å². The first-order chi connectivity index (χ1) is 5.61. The van der Waals surface area contributed by atoms with E-state index >= 15 is 0 Å². The summed E-state index contributed by atoms with van der Waals surface area (Å²) in [6, 6.07) is 0. The fraction of sp³-hybridized carbons (Fsp3) is 0.900. The largest absolute Gasteiger partial charge is 0.330 e. The molecule has 0 fully saturated rings. The van der Waals surface area contributed by atoms with Crippen LogP contribution in [0.25, 0.3) is 0 Å². The van der Waals surface area contributed by atoms with Crippen LogP contribution in [0.3, 0.4) is 0 Å². The Hall–Kier alpha value is -0.370. The molecule has 0 rings (SSSR count). The summed E-state index contributed by atoms with van der Waals surface area (Å²) in [6.07, 6.45) is 2.68. The maximum Gasteiger partial charge on any atom is 0.137 e. The number of carbonyl (C=O) groups is 1. The minimum atomic E-state index is 0.109. The Morgan fingerprint density at radius 1 is 1.42 bits per heavy atom. The molecule has 2 nitrogen and oxygen atoms in total. The second-order valence-corrected chi connectivity index (χ2v) is 3.79. The Morgan fingerprint density at radius 3 is 2.33 bits per heavy atom. The van der Waals surface area contributed by atoms with Gasteiger partial charge in [0, 0.05) is 18.9 Å². The zero-order valence-electron chi connectivity index (χ0n) is 8.47. The fourth-order valence-corrected chi connectivity index (χ4v) is 1.33. The lowest BCUT2D eigenvalue weighted by Crippen LogP contribution is -2.24. The Morgan fingerprint density at radius 2 is 2.00 bits per heavy atom. The average molecular weight is 171 g/mol. The second-order valence-electron chi connectivity index (χ2n) is 3.79. The Labute approximate surface area is 75.5 Å². The van der Waals surface area contributed by atoms with Crippen LogP contribution in [0.1, 0.15) is 40.0 Å². The molecule has 0 saturated carbocycles. The molecule has 0 aliphatic rings. The normalized spacial score (nSPS) is 13.4. The molecule has 72 valence electrons. The van der Waals surface area contributed by atoms with Gasteiger partial charge in [-0.05, 0) is 12.3 Å². The van der Waals surface area contributed by atoms with Crippen LogP contribution in [-0.4, -0.2) is 12.3 Å². The van der Waals surface area contributed by atoms with Gasteiger partial charge in [0.15, 0.2) is 0 Å². The minimum absolute atomic E-state index is 0.109. The first-order valence-corrected chi connectivity index (χ1v) is 4.84. The standard InChI is InChI=1S/C10H21NO/c1-4-5-9(7-11)10(12)6-8(2)3/h8-9H,4-7,11H2,1-3H3. The van der Waals surface area contributed by atoms with E-state index in [2.05, 4.69) is 20.8 Å². The van der Waals surface area contributed by atoms with Crippen molar-refractivity contribution in [3.8, 4) is 0 Å². The van der Waals surface area contributed by atoms with Gasteiger partial charge in [-0.15, -0.1) is 0 Å². The smallest absolute Gasteiger partial charge is 0.137 e. The summed E-state index contributed by atoms with van der Waals surface area (Å²) in [4.78, 5) is 11.5. The molecular weight excluding hydrogens is 150 g/mol. The van der Waals surface area contributed by atoms with Gasteiger partial charge in [-0.3, -0.25) is 4.79 Å². The Bertz CT molecular complexity index is 132. The van der Waals surface area contributed by atoms with Gasteiger partial charge in [-0.1, -0.05) is 27.2 Å². The lowest BCUT2D eigenvalue weighted by Gasteiger charge is -2.13. The molecule has 12 heavy (non-hydrogen) atoms. The summed E-state index contributed by atoms with van der Waals surface area (Å²) in [5.41, 5.74) is 5.51. The van der Waals surface area contributed by atoms with Crippen molar-refractivity contribution in [2.45, 2.75) is 40.0 Å². The van der Waals surface area contributed by atoms with Gasteiger partial charge < -0.3 is 5.73 Å². The average Bonchev–Trinajstić information content (AvgIpc) is 1.98. The van der Waals surface area contributed by atoms with Crippen molar-refractivity contribution in [2.24, 2.45) is 17.6 Å². The van der Waals surface area contributed by atoms with Crippen molar-refractivity contribution in [3.63, 3.8) is 0 Å². The zero-order chi connectivity index (χ0) is 9.56. The third kappa shape index (κ3) is 4.50. The van der Waals surface area contributed by atoms with Crippen molar-refractivity contribution in [2.75, 3.05) is 6.54 Å². The van der Waals surface area contributed by atoms with E-state index < -0.39 is 0 Å². The van der Waals surface area contributed by atoms with E-state index in [0.717, 1.165) is 12.8 Å². The van der Waals surface area contributed by atoms with E-state index in [0.29, 0.717) is 24.7 Å². The zero-order valence-corrected chi connectivity index (χ0v) is 8.47. The molecule has 0 aromatic carbocycles. The van der Waals surface area contributed by atoms with Gasteiger partial charge in [0.2, 0.25) is 0 Å². The first-order valence-electron chi connectivity index (χ1n) is 4.84. The molecule has 0 aliphatic carbocycles. The molecule has 0 bridgehead atoms. The quantitative estimate of drug-likeness (QED) is 0.664. The maximum atomic E-state index is 11.5. The van der Waals surface area contributed by atoms with Crippen LogP contribution in [0.2, 0.25) is 0 Å². The van der Waals surface area contributed by atoms with Gasteiger partial charge in [0.1, 0.15) is 5.78 Å². The molecule has 0 radical (unpaired) electrons. The monoisotopic (exact) mass is 171 g/mol. The molecular formula is C10H21NO. The van der Waals surface area contributed by atoms with Crippen molar-refractivity contribution >= 4 is 5.78 Å². The number of rotatable bonds is 6. The molecule has 0 spiro atoms. The highest BCUT2D eigenvalue weighted by Gasteiger charge is 2.16. The van der Waals surface area contributed by atoms with E-state index in [1.165, 1.54) is 0 Å². The predicted octanol–water partition coefficient (Wildman–Crippen LogP) is 1.98. The van der Waals surface area contributed by atoms with E-state index in [-0.39, 0.29) is 5.92 Å². The number of hydrogen-bond donors (Lipinski definition) is 1. The molecule has 2 heteroatoms. The summed E-state index contributed by atoms with van der Waals surface area (Å²) in [5, 5.41) is 0. The van der Waals surface area contributed by atoms with Crippen LogP contribution in [0.15, 0.2) is 0 Å². The van der Waals surface area contributed by atoms with Gasteiger partial charge in [0.25, 0.3) is 0 Å². The lowest BCUT2D eigenvalue weighted by molar-refractivity contribution is -0.123. The van der Waals surface area contributed by atoms with Crippen molar-refractivity contribution in [3.05, 3.63) is 0 Å². The van der Waals surface area contributed by atoms with E-state index in [1.54, 1.807) is 0 Å². The van der Waals surface area contributed by atoms with Crippen LogP contribution < -0.4 is 5.73 Å². The summed E-state index contributed by atoms with van der Waals surface area (Å²) >= 11 is 0. The van der Waals surface area contributed by atoms with Crippen LogP contribution >= 0.6 is 0 Å². The molecule has 0 saturated heterocycles. The third-order valence-corrected chi connectivity index (χ3v) is 1.99. The van der Waals surface area contributed by atoms with Crippen molar-refractivity contribution in [1.82, 2.24) is 0 Å².